The van der Waals surface area contributed by atoms with Crippen molar-refractivity contribution in [2.24, 2.45) is 17.8 Å². The number of carbonyl (C=O) groups excluding carboxylic acids is 1. The van der Waals surface area contributed by atoms with E-state index in [1.54, 1.807) is 0 Å². The van der Waals surface area contributed by atoms with Crippen molar-refractivity contribution in [1.82, 2.24) is 0 Å². The highest BCUT2D eigenvalue weighted by molar-refractivity contribution is 7.15. The third kappa shape index (κ3) is 5.73. The van der Waals surface area contributed by atoms with Gasteiger partial charge in [0.1, 0.15) is 4.88 Å². The SMILES string of the molecule is CC1CCC(C(=O)N(c2cc(C3=CCCCC3)sc2C(=O)O)C2CCC(COC=N)CC2)CC1. The molecule has 0 saturated heterocycles. The number of carbonyl (C=O) groups is 2. The first-order chi connectivity index (χ1) is 16.5. The molecule has 3 aliphatic carbocycles. The molecule has 1 aromatic heterocycles. The van der Waals surface area contributed by atoms with Crippen LogP contribution in [-0.2, 0) is 9.53 Å². The number of ether oxygens (including phenoxy) is 1. The van der Waals surface area contributed by atoms with Crippen LogP contribution in [-0.4, -0.2) is 36.0 Å². The third-order valence-corrected chi connectivity index (χ3v) is 9.16. The molecule has 4 rings (SSSR count). The third-order valence-electron chi connectivity index (χ3n) is 7.97. The molecule has 0 aromatic carbocycles. The van der Waals surface area contributed by atoms with Gasteiger partial charge in [-0.15, -0.1) is 11.3 Å². The first-order valence-corrected chi connectivity index (χ1v) is 13.8. The lowest BCUT2D eigenvalue weighted by atomic mass is 9.81. The van der Waals surface area contributed by atoms with E-state index >= 15 is 0 Å². The maximum Gasteiger partial charge on any atom is 0.348 e. The smallest absolute Gasteiger partial charge is 0.348 e. The average molecular weight is 487 g/mol. The standard InChI is InChI=1S/C27H38N2O4S/c1-18-7-11-21(12-8-18)26(30)29(22-13-9-19(10-14-22)16-33-17-28)23-15-24(34-25(23)27(31)32)20-5-3-2-4-6-20/h5,15,17-19,21-22,28H,2-4,6-14,16H2,1H3,(H,31,32). The number of allylic oxidation sites excluding steroid dienone is 2. The quantitative estimate of drug-likeness (QED) is 0.314. The van der Waals surface area contributed by atoms with Gasteiger partial charge < -0.3 is 14.7 Å². The Bertz CT molecular complexity index is 908. The second-order valence-corrected chi connectivity index (χ2v) is 11.4. The van der Waals surface area contributed by atoms with Crippen LogP contribution in [0.3, 0.4) is 0 Å². The zero-order valence-corrected chi connectivity index (χ0v) is 21.1. The summed E-state index contributed by atoms with van der Waals surface area (Å²) in [5, 5.41) is 17.2. The largest absolute Gasteiger partial charge is 0.483 e. The van der Waals surface area contributed by atoms with Gasteiger partial charge >= 0.3 is 5.97 Å². The zero-order chi connectivity index (χ0) is 24.1. The molecule has 2 N–H and O–H groups in total. The van der Waals surface area contributed by atoms with Crippen LogP contribution in [0.1, 0.15) is 98.5 Å². The molecule has 3 aliphatic rings. The van der Waals surface area contributed by atoms with Crippen LogP contribution in [0.15, 0.2) is 12.1 Å². The minimum atomic E-state index is -0.939. The number of nitrogens with one attached hydrogen (secondary N) is 1. The minimum Gasteiger partial charge on any atom is -0.483 e. The van der Waals surface area contributed by atoms with E-state index in [0.717, 1.165) is 81.9 Å². The summed E-state index contributed by atoms with van der Waals surface area (Å²) in [7, 11) is 0. The van der Waals surface area contributed by atoms with Gasteiger partial charge in [-0.3, -0.25) is 10.2 Å². The molecule has 186 valence electrons. The van der Waals surface area contributed by atoms with Crippen molar-refractivity contribution in [3.63, 3.8) is 0 Å². The normalized spacial score (nSPS) is 27.5. The van der Waals surface area contributed by atoms with E-state index in [-0.39, 0.29) is 17.9 Å². The van der Waals surface area contributed by atoms with E-state index in [1.807, 2.05) is 11.0 Å². The van der Waals surface area contributed by atoms with Crippen molar-refractivity contribution in [3.05, 3.63) is 21.9 Å². The first kappa shape index (κ1) is 25.0. The molecule has 2 saturated carbocycles. The lowest BCUT2D eigenvalue weighted by Gasteiger charge is -2.39. The predicted octanol–water partition coefficient (Wildman–Crippen LogP) is 6.75. The van der Waals surface area contributed by atoms with E-state index in [9.17, 15) is 14.7 Å². The molecule has 1 heterocycles. The van der Waals surface area contributed by atoms with Crippen molar-refractivity contribution in [2.45, 2.75) is 90.0 Å². The van der Waals surface area contributed by atoms with Gasteiger partial charge in [-0.25, -0.2) is 4.79 Å². The van der Waals surface area contributed by atoms with Gasteiger partial charge in [0.25, 0.3) is 0 Å². The molecule has 34 heavy (non-hydrogen) atoms. The van der Waals surface area contributed by atoms with Gasteiger partial charge in [-0.2, -0.15) is 0 Å². The summed E-state index contributed by atoms with van der Waals surface area (Å²) >= 11 is 1.34. The van der Waals surface area contributed by atoms with Gasteiger partial charge in [-0.05, 0) is 101 Å². The summed E-state index contributed by atoms with van der Waals surface area (Å²) in [6.45, 7) is 2.80. The Morgan fingerprint density at radius 1 is 1.15 bits per heavy atom. The monoisotopic (exact) mass is 486 g/mol. The van der Waals surface area contributed by atoms with Crippen LogP contribution in [0.25, 0.3) is 5.57 Å². The van der Waals surface area contributed by atoms with Crippen LogP contribution in [0.2, 0.25) is 0 Å². The maximum atomic E-state index is 14.0. The second-order valence-electron chi connectivity index (χ2n) is 10.4. The summed E-state index contributed by atoms with van der Waals surface area (Å²) in [4.78, 5) is 29.5. The molecule has 0 spiro atoms. The van der Waals surface area contributed by atoms with Crippen LogP contribution < -0.4 is 4.90 Å². The molecule has 2 fully saturated rings. The highest BCUT2D eigenvalue weighted by Crippen LogP contribution is 2.42. The Balaban J connectivity index is 1.64. The fourth-order valence-electron chi connectivity index (χ4n) is 5.89. The Hall–Kier alpha value is -2.15. The number of nitrogens with zero attached hydrogens (tertiary/aromatic N) is 1. The van der Waals surface area contributed by atoms with Gasteiger partial charge in [0.2, 0.25) is 5.91 Å². The predicted molar refractivity (Wildman–Crippen MR) is 137 cm³/mol. The maximum absolute atomic E-state index is 14.0. The Kier molecular flexibility index (Phi) is 8.46. The minimum absolute atomic E-state index is 0.0176. The van der Waals surface area contributed by atoms with Gasteiger partial charge in [0.15, 0.2) is 6.40 Å². The van der Waals surface area contributed by atoms with Crippen molar-refractivity contribution in [3.8, 4) is 0 Å². The zero-order valence-electron chi connectivity index (χ0n) is 20.3. The molecule has 0 bridgehead atoms. The van der Waals surface area contributed by atoms with E-state index < -0.39 is 5.97 Å². The fraction of sp³-hybridized carbons (Fsp3) is 0.667. The number of carboxylic acids is 1. The molecule has 0 unspecified atom stereocenters. The molecule has 6 nitrogen and oxygen atoms in total. The van der Waals surface area contributed by atoms with E-state index in [1.165, 1.54) is 23.3 Å². The van der Waals surface area contributed by atoms with Gasteiger partial charge in [0, 0.05) is 16.8 Å². The molecule has 0 radical (unpaired) electrons. The lowest BCUT2D eigenvalue weighted by molar-refractivity contribution is -0.124. The Morgan fingerprint density at radius 3 is 2.50 bits per heavy atom. The van der Waals surface area contributed by atoms with Crippen molar-refractivity contribution < 1.29 is 19.4 Å². The summed E-state index contributed by atoms with van der Waals surface area (Å²) in [6, 6.07) is 2.02. The first-order valence-electron chi connectivity index (χ1n) is 13.0. The summed E-state index contributed by atoms with van der Waals surface area (Å²) < 4.78 is 5.21. The molecular formula is C27H38N2O4S. The number of anilines is 1. The molecule has 1 aromatic rings. The molecular weight excluding hydrogens is 448 g/mol. The van der Waals surface area contributed by atoms with E-state index in [0.29, 0.717) is 29.0 Å². The highest BCUT2D eigenvalue weighted by Gasteiger charge is 2.37. The average Bonchev–Trinajstić information content (AvgIpc) is 3.30. The van der Waals surface area contributed by atoms with Crippen LogP contribution in [0.4, 0.5) is 5.69 Å². The van der Waals surface area contributed by atoms with Crippen LogP contribution in [0.5, 0.6) is 0 Å². The molecule has 1 amide bonds. The Labute approximate surface area is 206 Å². The number of rotatable bonds is 8. The van der Waals surface area contributed by atoms with Crippen molar-refractivity contribution in [2.75, 3.05) is 11.5 Å². The number of hydrogen-bond donors (Lipinski definition) is 2. The summed E-state index contributed by atoms with van der Waals surface area (Å²) in [5.41, 5.74) is 1.85. The summed E-state index contributed by atoms with van der Waals surface area (Å²) in [5.74, 6) is 0.201. The molecule has 0 atom stereocenters. The van der Waals surface area contributed by atoms with Crippen LogP contribution in [0, 0.1) is 23.2 Å². The number of aromatic carboxylic acids is 1. The van der Waals surface area contributed by atoms with Crippen LogP contribution >= 0.6 is 11.3 Å². The molecule has 7 heteroatoms. The highest BCUT2D eigenvalue weighted by atomic mass is 32.1. The van der Waals surface area contributed by atoms with Gasteiger partial charge in [0.05, 0.1) is 12.3 Å². The number of hydrogen-bond acceptors (Lipinski definition) is 5. The van der Waals surface area contributed by atoms with Crippen molar-refractivity contribution in [1.29, 1.82) is 5.41 Å². The topological polar surface area (TPSA) is 90.7 Å². The summed E-state index contributed by atoms with van der Waals surface area (Å²) in [6.07, 6.45) is 15.0. The van der Waals surface area contributed by atoms with E-state index in [4.69, 9.17) is 10.1 Å². The number of carboxylic acid groups (broad SMARTS) is 1. The second kappa shape index (κ2) is 11.5. The Morgan fingerprint density at radius 2 is 1.88 bits per heavy atom. The van der Waals surface area contributed by atoms with Crippen molar-refractivity contribution >= 4 is 40.9 Å². The van der Waals surface area contributed by atoms with E-state index in [2.05, 4.69) is 13.0 Å². The fourth-order valence-corrected chi connectivity index (χ4v) is 6.94. The molecule has 0 aliphatic heterocycles. The lowest BCUT2D eigenvalue weighted by Crippen LogP contribution is -2.46. The van der Waals surface area contributed by atoms with Gasteiger partial charge in [-0.1, -0.05) is 13.0 Å². The number of thiophene rings is 1. The number of amides is 1.